The van der Waals surface area contributed by atoms with Gasteiger partial charge in [0.2, 0.25) is 5.16 Å². The van der Waals surface area contributed by atoms with Crippen molar-refractivity contribution in [3.8, 4) is 0 Å². The topological polar surface area (TPSA) is 79.0 Å². The van der Waals surface area contributed by atoms with Gasteiger partial charge in [0.25, 0.3) is 11.8 Å². The van der Waals surface area contributed by atoms with Gasteiger partial charge in [0.15, 0.2) is 0 Å². The minimum atomic E-state index is -0.220. The number of carbonyl (C=O) groups is 2. The number of fused-ring (bicyclic) bond motifs is 1. The molecule has 1 aliphatic rings. The molecule has 0 unspecified atom stereocenters. The number of hydrogen-bond acceptors (Lipinski definition) is 5. The molecule has 0 aliphatic carbocycles. The first-order chi connectivity index (χ1) is 10.7. The van der Waals surface area contributed by atoms with E-state index in [9.17, 15) is 9.59 Å². The van der Waals surface area contributed by atoms with Crippen LogP contribution < -0.4 is 0 Å². The number of thioether (sulfide) groups is 1. The molecule has 0 atom stereocenters. The summed E-state index contributed by atoms with van der Waals surface area (Å²) in [4.78, 5) is 30.0. The summed E-state index contributed by atoms with van der Waals surface area (Å²) in [5.41, 5.74) is 0.973. The van der Waals surface area contributed by atoms with E-state index in [1.54, 1.807) is 24.3 Å². The Morgan fingerprint density at radius 3 is 2.50 bits per heavy atom. The van der Waals surface area contributed by atoms with Crippen molar-refractivity contribution in [1.29, 1.82) is 0 Å². The molecule has 0 spiro atoms. The Morgan fingerprint density at radius 2 is 1.86 bits per heavy atom. The van der Waals surface area contributed by atoms with E-state index in [-0.39, 0.29) is 11.8 Å². The normalized spacial score (nSPS) is 13.8. The summed E-state index contributed by atoms with van der Waals surface area (Å²) in [5, 5.41) is 7.66. The fourth-order valence-electron chi connectivity index (χ4n) is 2.36. The second-order valence-electron chi connectivity index (χ2n) is 4.97. The van der Waals surface area contributed by atoms with Crippen LogP contribution in [-0.2, 0) is 6.42 Å². The van der Waals surface area contributed by atoms with Crippen molar-refractivity contribution in [1.82, 2.24) is 20.1 Å². The molecule has 2 aromatic rings. The van der Waals surface area contributed by atoms with E-state index in [4.69, 9.17) is 0 Å². The van der Waals surface area contributed by atoms with Crippen LogP contribution in [0.5, 0.6) is 0 Å². The predicted molar refractivity (Wildman–Crippen MR) is 82.9 cm³/mol. The lowest BCUT2D eigenvalue weighted by Gasteiger charge is -2.12. The van der Waals surface area contributed by atoms with Crippen LogP contribution in [0.1, 0.15) is 39.9 Å². The average molecular weight is 316 g/mol. The van der Waals surface area contributed by atoms with Gasteiger partial charge < -0.3 is 0 Å². The number of carbonyl (C=O) groups excluding carboxylic acids is 2. The molecular weight excluding hydrogens is 300 g/mol. The van der Waals surface area contributed by atoms with Gasteiger partial charge in [0, 0.05) is 18.7 Å². The SMILES string of the molecule is CCCc1nc(SCCN2C(=O)c3ccccc3C2=O)n[nH]1. The van der Waals surface area contributed by atoms with Crippen LogP contribution in [0.2, 0.25) is 0 Å². The van der Waals surface area contributed by atoms with E-state index in [2.05, 4.69) is 22.1 Å². The second-order valence-corrected chi connectivity index (χ2v) is 6.03. The highest BCUT2D eigenvalue weighted by Crippen LogP contribution is 2.23. The molecule has 0 saturated carbocycles. The third kappa shape index (κ3) is 2.76. The van der Waals surface area contributed by atoms with Crippen molar-refractivity contribution in [2.24, 2.45) is 0 Å². The van der Waals surface area contributed by atoms with Crippen molar-refractivity contribution in [2.45, 2.75) is 24.9 Å². The third-order valence-electron chi connectivity index (χ3n) is 3.42. The molecular formula is C15H16N4O2S. The Morgan fingerprint density at radius 1 is 1.18 bits per heavy atom. The highest BCUT2D eigenvalue weighted by atomic mass is 32.2. The number of imide groups is 1. The first-order valence-electron chi connectivity index (χ1n) is 7.20. The van der Waals surface area contributed by atoms with Crippen LogP contribution >= 0.6 is 11.8 Å². The highest BCUT2D eigenvalue weighted by molar-refractivity contribution is 7.99. The molecule has 7 heteroatoms. The van der Waals surface area contributed by atoms with Crippen LogP contribution in [0.4, 0.5) is 0 Å². The van der Waals surface area contributed by atoms with Crippen molar-refractivity contribution < 1.29 is 9.59 Å². The Kier molecular flexibility index (Phi) is 4.24. The maximum Gasteiger partial charge on any atom is 0.261 e. The Bertz CT molecular complexity index is 678. The van der Waals surface area contributed by atoms with Gasteiger partial charge >= 0.3 is 0 Å². The molecule has 0 radical (unpaired) electrons. The molecule has 1 aliphatic heterocycles. The van der Waals surface area contributed by atoms with E-state index in [1.807, 2.05) is 0 Å². The average Bonchev–Trinajstić information content (AvgIpc) is 3.07. The Labute approximate surface area is 132 Å². The number of rotatable bonds is 6. The zero-order valence-electron chi connectivity index (χ0n) is 12.2. The van der Waals surface area contributed by atoms with Gasteiger partial charge in [0.1, 0.15) is 5.82 Å². The van der Waals surface area contributed by atoms with Gasteiger partial charge in [-0.05, 0) is 18.6 Å². The van der Waals surface area contributed by atoms with Crippen LogP contribution in [0.15, 0.2) is 29.4 Å². The summed E-state index contributed by atoms with van der Waals surface area (Å²) >= 11 is 1.44. The largest absolute Gasteiger partial charge is 0.273 e. The molecule has 2 heterocycles. The predicted octanol–water partition coefficient (Wildman–Crippen LogP) is 2.15. The molecule has 1 N–H and O–H groups in total. The number of aryl methyl sites for hydroxylation is 1. The lowest BCUT2D eigenvalue weighted by Crippen LogP contribution is -2.31. The molecule has 1 aromatic heterocycles. The second kappa shape index (κ2) is 6.31. The monoisotopic (exact) mass is 316 g/mol. The molecule has 0 bridgehead atoms. The molecule has 1 aromatic carbocycles. The summed E-state index contributed by atoms with van der Waals surface area (Å²) in [6.45, 7) is 2.44. The number of H-pyrrole nitrogens is 1. The van der Waals surface area contributed by atoms with Gasteiger partial charge in [-0.2, -0.15) is 0 Å². The lowest BCUT2D eigenvalue weighted by atomic mass is 10.1. The summed E-state index contributed by atoms with van der Waals surface area (Å²) in [7, 11) is 0. The fraction of sp³-hybridized carbons (Fsp3) is 0.333. The smallest absolute Gasteiger partial charge is 0.261 e. The van der Waals surface area contributed by atoms with E-state index in [1.165, 1.54) is 16.7 Å². The standard InChI is InChI=1S/C15H16N4O2S/c1-2-5-12-16-15(18-17-12)22-9-8-19-13(20)10-6-3-4-7-11(10)14(19)21/h3-4,6-7H,2,5,8-9H2,1H3,(H,16,17,18). The highest BCUT2D eigenvalue weighted by Gasteiger charge is 2.34. The first-order valence-corrected chi connectivity index (χ1v) is 8.18. The molecule has 0 saturated heterocycles. The summed E-state index contributed by atoms with van der Waals surface area (Å²) in [6.07, 6.45) is 1.88. The van der Waals surface area contributed by atoms with E-state index < -0.39 is 0 Å². The minimum Gasteiger partial charge on any atom is -0.273 e. The maximum absolute atomic E-state index is 12.2. The fourth-order valence-corrected chi connectivity index (χ4v) is 3.10. The molecule has 0 fully saturated rings. The molecule has 22 heavy (non-hydrogen) atoms. The number of aromatic nitrogens is 3. The van der Waals surface area contributed by atoms with Crippen molar-refractivity contribution in [3.63, 3.8) is 0 Å². The number of nitrogens with one attached hydrogen (secondary N) is 1. The number of amides is 2. The van der Waals surface area contributed by atoms with Gasteiger partial charge in [-0.3, -0.25) is 19.6 Å². The van der Waals surface area contributed by atoms with E-state index in [0.717, 1.165) is 18.7 Å². The van der Waals surface area contributed by atoms with Gasteiger partial charge in [-0.15, -0.1) is 5.10 Å². The number of hydrogen-bond donors (Lipinski definition) is 1. The zero-order chi connectivity index (χ0) is 15.5. The van der Waals surface area contributed by atoms with Crippen LogP contribution in [0.25, 0.3) is 0 Å². The van der Waals surface area contributed by atoms with E-state index >= 15 is 0 Å². The first kappa shape index (κ1) is 14.8. The zero-order valence-corrected chi connectivity index (χ0v) is 13.0. The number of benzene rings is 1. The van der Waals surface area contributed by atoms with Crippen LogP contribution in [0, 0.1) is 0 Å². The van der Waals surface area contributed by atoms with Crippen LogP contribution in [-0.4, -0.2) is 44.2 Å². The van der Waals surface area contributed by atoms with Crippen molar-refractivity contribution >= 4 is 23.6 Å². The van der Waals surface area contributed by atoms with Crippen molar-refractivity contribution in [2.75, 3.05) is 12.3 Å². The Hall–Kier alpha value is -2.15. The van der Waals surface area contributed by atoms with Gasteiger partial charge in [-0.1, -0.05) is 30.8 Å². The summed E-state index contributed by atoms with van der Waals surface area (Å²) in [5.74, 6) is 1.01. The minimum absolute atomic E-state index is 0.220. The maximum atomic E-state index is 12.2. The number of aromatic amines is 1. The quantitative estimate of drug-likeness (QED) is 0.652. The summed E-state index contributed by atoms with van der Waals surface area (Å²) < 4.78 is 0. The molecule has 114 valence electrons. The lowest BCUT2D eigenvalue weighted by molar-refractivity contribution is 0.0664. The van der Waals surface area contributed by atoms with Gasteiger partial charge in [0.05, 0.1) is 11.1 Å². The van der Waals surface area contributed by atoms with Gasteiger partial charge in [-0.25, -0.2) is 4.98 Å². The molecule has 3 rings (SSSR count). The third-order valence-corrected chi connectivity index (χ3v) is 4.25. The van der Waals surface area contributed by atoms with Crippen LogP contribution in [0.3, 0.4) is 0 Å². The molecule has 6 nitrogen and oxygen atoms in total. The Balaban J connectivity index is 1.58. The summed E-state index contributed by atoms with van der Waals surface area (Å²) in [6, 6.07) is 6.92. The number of nitrogens with zero attached hydrogens (tertiary/aromatic N) is 3. The molecule has 2 amide bonds. The van der Waals surface area contributed by atoms with E-state index in [0.29, 0.717) is 28.6 Å². The van der Waals surface area contributed by atoms with Crippen molar-refractivity contribution in [3.05, 3.63) is 41.2 Å².